The number of nitrogens with one attached hydrogen (secondary N) is 1. The number of carbonyl (C=O) groups excluding carboxylic acids is 2. The van der Waals surface area contributed by atoms with E-state index in [0.717, 1.165) is 32.7 Å². The van der Waals surface area contributed by atoms with Gasteiger partial charge in [-0.3, -0.25) is 14.5 Å². The number of hydrogen-bond donors (Lipinski definition) is 1. The number of ether oxygens (including phenoxy) is 1. The molecule has 7 nitrogen and oxygen atoms in total. The molecule has 2 aliphatic rings. The second-order valence-electron chi connectivity index (χ2n) is 7.26. The van der Waals surface area contributed by atoms with E-state index in [4.69, 9.17) is 9.15 Å². The Morgan fingerprint density at radius 1 is 1.28 bits per heavy atom. The molecule has 0 aliphatic carbocycles. The topological polar surface area (TPSA) is 75.0 Å². The lowest BCUT2D eigenvalue weighted by atomic mass is 10.0. The largest absolute Gasteiger partial charge is 0.459 e. The fraction of sp³-hybridized carbons (Fsp3) is 0.667. The molecule has 3 rings (SSSR count). The Balaban J connectivity index is 1.57. The monoisotopic (exact) mass is 349 g/mol. The lowest BCUT2D eigenvalue weighted by Crippen LogP contribution is -2.57. The highest BCUT2D eigenvalue weighted by molar-refractivity contribution is 5.96. The van der Waals surface area contributed by atoms with E-state index < -0.39 is 6.04 Å². The van der Waals surface area contributed by atoms with Gasteiger partial charge in [-0.1, -0.05) is 0 Å². The predicted octanol–water partition coefficient (Wildman–Crippen LogP) is 1.11. The van der Waals surface area contributed by atoms with E-state index in [1.165, 1.54) is 6.26 Å². The number of rotatable bonds is 5. The number of likely N-dealkylation sites (tertiary alicyclic amines) is 1. The zero-order valence-electron chi connectivity index (χ0n) is 15.0. The molecule has 1 unspecified atom stereocenters. The minimum absolute atomic E-state index is 0.0845. The Hall–Kier alpha value is -1.86. The summed E-state index contributed by atoms with van der Waals surface area (Å²) in [5, 5.41) is 3.05. The number of carbonyl (C=O) groups is 2. The van der Waals surface area contributed by atoms with Crippen molar-refractivity contribution in [1.82, 2.24) is 15.1 Å². The summed E-state index contributed by atoms with van der Waals surface area (Å²) in [5.41, 5.74) is -0.145. The number of morpholine rings is 1. The molecule has 138 valence electrons. The van der Waals surface area contributed by atoms with Gasteiger partial charge in [0.2, 0.25) is 5.91 Å². The number of amides is 2. The molecule has 2 saturated heterocycles. The molecule has 0 spiro atoms. The van der Waals surface area contributed by atoms with Gasteiger partial charge in [-0.25, -0.2) is 0 Å². The van der Waals surface area contributed by atoms with Crippen molar-refractivity contribution in [3.63, 3.8) is 0 Å². The smallest absolute Gasteiger partial charge is 0.290 e. The first kappa shape index (κ1) is 17.9. The van der Waals surface area contributed by atoms with Gasteiger partial charge < -0.3 is 19.4 Å². The molecule has 7 heteroatoms. The summed E-state index contributed by atoms with van der Waals surface area (Å²) in [7, 11) is 0. The van der Waals surface area contributed by atoms with Gasteiger partial charge in [0.25, 0.3) is 5.91 Å². The molecule has 1 atom stereocenters. The van der Waals surface area contributed by atoms with Crippen molar-refractivity contribution in [1.29, 1.82) is 0 Å². The van der Waals surface area contributed by atoms with E-state index in [1.807, 2.05) is 0 Å². The highest BCUT2D eigenvalue weighted by atomic mass is 16.5. The average molecular weight is 349 g/mol. The SMILES string of the molecule is CC(C)(CNC(=O)C1CCCN1C(=O)c1ccco1)N1CCOCC1. The van der Waals surface area contributed by atoms with Gasteiger partial charge in [-0.05, 0) is 38.8 Å². The van der Waals surface area contributed by atoms with E-state index in [9.17, 15) is 9.59 Å². The molecular weight excluding hydrogens is 322 g/mol. The fourth-order valence-corrected chi connectivity index (χ4v) is 3.53. The van der Waals surface area contributed by atoms with Crippen molar-refractivity contribution in [3.05, 3.63) is 24.2 Å². The van der Waals surface area contributed by atoms with E-state index in [2.05, 4.69) is 24.1 Å². The molecule has 2 fully saturated rings. The minimum atomic E-state index is -0.418. The van der Waals surface area contributed by atoms with Crippen molar-refractivity contribution in [2.45, 2.75) is 38.3 Å². The fourth-order valence-electron chi connectivity index (χ4n) is 3.53. The summed E-state index contributed by atoms with van der Waals surface area (Å²) in [6, 6.07) is 2.90. The molecule has 1 aromatic rings. The standard InChI is InChI=1S/C18H27N3O4/c1-18(2,20-8-11-24-12-9-20)13-19-16(22)14-5-3-7-21(14)17(23)15-6-4-10-25-15/h4,6,10,14H,3,5,7-9,11-13H2,1-2H3,(H,19,22). The maximum Gasteiger partial charge on any atom is 0.290 e. The van der Waals surface area contributed by atoms with Crippen LogP contribution in [0.2, 0.25) is 0 Å². The van der Waals surface area contributed by atoms with Crippen LogP contribution in [0.5, 0.6) is 0 Å². The molecule has 2 aliphatic heterocycles. The molecular formula is C18H27N3O4. The van der Waals surface area contributed by atoms with Gasteiger partial charge in [-0.2, -0.15) is 0 Å². The van der Waals surface area contributed by atoms with Crippen LogP contribution >= 0.6 is 0 Å². The third kappa shape index (κ3) is 4.04. The van der Waals surface area contributed by atoms with E-state index in [1.54, 1.807) is 17.0 Å². The number of nitrogens with zero attached hydrogens (tertiary/aromatic N) is 2. The van der Waals surface area contributed by atoms with Crippen molar-refractivity contribution in [3.8, 4) is 0 Å². The maximum atomic E-state index is 12.7. The minimum Gasteiger partial charge on any atom is -0.459 e. The Bertz CT molecular complexity index is 593. The van der Waals surface area contributed by atoms with Crippen LogP contribution in [0.15, 0.2) is 22.8 Å². The van der Waals surface area contributed by atoms with Crippen LogP contribution < -0.4 is 5.32 Å². The molecule has 0 aromatic carbocycles. The highest BCUT2D eigenvalue weighted by Crippen LogP contribution is 2.21. The zero-order valence-corrected chi connectivity index (χ0v) is 15.0. The van der Waals surface area contributed by atoms with Gasteiger partial charge in [0.05, 0.1) is 19.5 Å². The van der Waals surface area contributed by atoms with Gasteiger partial charge in [0, 0.05) is 31.7 Å². The lowest BCUT2D eigenvalue weighted by Gasteiger charge is -2.41. The molecule has 0 bridgehead atoms. The first-order chi connectivity index (χ1) is 12.0. The quantitative estimate of drug-likeness (QED) is 0.862. The predicted molar refractivity (Wildman–Crippen MR) is 92.2 cm³/mol. The summed E-state index contributed by atoms with van der Waals surface area (Å²) in [6.07, 6.45) is 3.00. The summed E-state index contributed by atoms with van der Waals surface area (Å²) < 4.78 is 10.6. The Morgan fingerprint density at radius 2 is 2.04 bits per heavy atom. The van der Waals surface area contributed by atoms with Crippen LogP contribution in [-0.4, -0.2) is 72.6 Å². The first-order valence-electron chi connectivity index (χ1n) is 8.94. The Morgan fingerprint density at radius 3 is 2.72 bits per heavy atom. The second-order valence-corrected chi connectivity index (χ2v) is 7.26. The van der Waals surface area contributed by atoms with Gasteiger partial charge in [0.15, 0.2) is 5.76 Å². The van der Waals surface area contributed by atoms with Gasteiger partial charge in [0.1, 0.15) is 6.04 Å². The first-order valence-corrected chi connectivity index (χ1v) is 8.94. The van der Waals surface area contributed by atoms with Crippen LogP contribution in [0.1, 0.15) is 37.2 Å². The third-order valence-corrected chi connectivity index (χ3v) is 5.11. The Labute approximate surface area is 148 Å². The molecule has 0 radical (unpaired) electrons. The molecule has 2 amide bonds. The summed E-state index contributed by atoms with van der Waals surface area (Å²) in [6.45, 7) is 8.58. The van der Waals surface area contributed by atoms with Crippen LogP contribution in [0, 0.1) is 0 Å². The molecule has 3 heterocycles. The zero-order chi connectivity index (χ0) is 17.9. The van der Waals surface area contributed by atoms with Gasteiger partial charge >= 0.3 is 0 Å². The summed E-state index contributed by atoms with van der Waals surface area (Å²) in [4.78, 5) is 29.1. The average Bonchev–Trinajstić information content (AvgIpc) is 3.31. The molecule has 1 N–H and O–H groups in total. The van der Waals surface area contributed by atoms with Crippen LogP contribution in [0.3, 0.4) is 0 Å². The third-order valence-electron chi connectivity index (χ3n) is 5.11. The highest BCUT2D eigenvalue weighted by Gasteiger charge is 2.36. The number of hydrogen-bond acceptors (Lipinski definition) is 5. The van der Waals surface area contributed by atoms with E-state index in [0.29, 0.717) is 19.5 Å². The van der Waals surface area contributed by atoms with Crippen molar-refractivity contribution in [2.24, 2.45) is 0 Å². The molecule has 0 saturated carbocycles. The van der Waals surface area contributed by atoms with Crippen molar-refractivity contribution >= 4 is 11.8 Å². The molecule has 1 aromatic heterocycles. The van der Waals surface area contributed by atoms with E-state index in [-0.39, 0.29) is 23.1 Å². The number of furan rings is 1. The second kappa shape index (κ2) is 7.58. The van der Waals surface area contributed by atoms with E-state index >= 15 is 0 Å². The lowest BCUT2D eigenvalue weighted by molar-refractivity contribution is -0.125. The van der Waals surface area contributed by atoms with Gasteiger partial charge in [-0.15, -0.1) is 0 Å². The normalized spacial score (nSPS) is 22.2. The summed E-state index contributed by atoms with van der Waals surface area (Å²) in [5.74, 6) is -0.0119. The van der Waals surface area contributed by atoms with Crippen LogP contribution in [0.4, 0.5) is 0 Å². The maximum absolute atomic E-state index is 12.7. The molecule has 25 heavy (non-hydrogen) atoms. The van der Waals surface area contributed by atoms with Crippen LogP contribution in [0.25, 0.3) is 0 Å². The van der Waals surface area contributed by atoms with Crippen molar-refractivity contribution in [2.75, 3.05) is 39.4 Å². The Kier molecular flexibility index (Phi) is 5.44. The summed E-state index contributed by atoms with van der Waals surface area (Å²) >= 11 is 0. The van der Waals surface area contributed by atoms with Crippen LogP contribution in [-0.2, 0) is 9.53 Å². The van der Waals surface area contributed by atoms with Crippen molar-refractivity contribution < 1.29 is 18.7 Å².